The Hall–Kier alpha value is -2.14. The van der Waals surface area contributed by atoms with Crippen LogP contribution in [-0.4, -0.2) is 25.8 Å². The van der Waals surface area contributed by atoms with Crippen molar-refractivity contribution in [3.63, 3.8) is 0 Å². The molecule has 30 heavy (non-hydrogen) atoms. The van der Waals surface area contributed by atoms with E-state index in [0.717, 1.165) is 24.6 Å². The third-order valence-corrected chi connectivity index (χ3v) is 4.48. The summed E-state index contributed by atoms with van der Waals surface area (Å²) in [7, 11) is 0. The minimum absolute atomic E-state index is 0.338. The molecule has 2 rings (SSSR count). The van der Waals surface area contributed by atoms with Gasteiger partial charge in [0, 0.05) is 15.8 Å². The summed E-state index contributed by atoms with van der Waals surface area (Å²) < 4.78 is 24.1. The summed E-state index contributed by atoms with van der Waals surface area (Å²) in [5, 5.41) is 1.97. The largest absolute Gasteiger partial charge is 0.489 e. The second-order valence-corrected chi connectivity index (χ2v) is 8.63. The normalized spacial score (nSPS) is 11.4. The molecule has 166 valence electrons. The van der Waals surface area contributed by atoms with Crippen molar-refractivity contribution in [3.05, 3.63) is 23.2 Å². The molecule has 0 saturated carbocycles. The van der Waals surface area contributed by atoms with Crippen LogP contribution in [-0.2, 0) is 4.79 Å². The SMILES string of the molecule is CCCOc1c(OCCC)c(OC(=O)C(C)(C)C)c2ccc(Cl)cc2c1OCCC. The van der Waals surface area contributed by atoms with Crippen molar-refractivity contribution < 1.29 is 23.7 Å². The Kier molecular flexibility index (Phi) is 8.65. The molecule has 0 aliphatic carbocycles. The van der Waals surface area contributed by atoms with E-state index in [2.05, 4.69) is 0 Å². The smallest absolute Gasteiger partial charge is 0.316 e. The van der Waals surface area contributed by atoms with Crippen molar-refractivity contribution in [1.82, 2.24) is 0 Å². The van der Waals surface area contributed by atoms with E-state index in [-0.39, 0.29) is 5.97 Å². The minimum Gasteiger partial charge on any atom is -0.489 e. The monoisotopic (exact) mass is 436 g/mol. The molecule has 0 unspecified atom stereocenters. The van der Waals surface area contributed by atoms with Crippen LogP contribution in [0.1, 0.15) is 60.8 Å². The van der Waals surface area contributed by atoms with Crippen LogP contribution in [0.2, 0.25) is 5.02 Å². The summed E-state index contributed by atoms with van der Waals surface area (Å²) >= 11 is 6.30. The third-order valence-electron chi connectivity index (χ3n) is 4.25. The molecule has 6 heteroatoms. The molecule has 0 aromatic heterocycles. The van der Waals surface area contributed by atoms with Crippen LogP contribution in [0.3, 0.4) is 0 Å². The molecule has 0 heterocycles. The maximum atomic E-state index is 12.8. The molecule has 0 bridgehead atoms. The number of carbonyl (C=O) groups excluding carboxylic acids is 1. The molecule has 0 saturated heterocycles. The van der Waals surface area contributed by atoms with Gasteiger partial charge in [-0.15, -0.1) is 0 Å². The first kappa shape index (κ1) is 24.1. The highest BCUT2D eigenvalue weighted by atomic mass is 35.5. The summed E-state index contributed by atoms with van der Waals surface area (Å²) in [5.74, 6) is 1.38. The van der Waals surface area contributed by atoms with Gasteiger partial charge in [0.05, 0.1) is 25.2 Å². The fraction of sp³-hybridized carbons (Fsp3) is 0.542. The van der Waals surface area contributed by atoms with Crippen LogP contribution in [0.15, 0.2) is 18.2 Å². The van der Waals surface area contributed by atoms with Crippen molar-refractivity contribution >= 4 is 28.3 Å². The van der Waals surface area contributed by atoms with Crippen LogP contribution in [0, 0.1) is 5.41 Å². The van der Waals surface area contributed by atoms with Crippen LogP contribution in [0.5, 0.6) is 23.0 Å². The topological polar surface area (TPSA) is 54.0 Å². The van der Waals surface area contributed by atoms with Gasteiger partial charge in [0.1, 0.15) is 0 Å². The van der Waals surface area contributed by atoms with Gasteiger partial charge in [0.15, 0.2) is 11.5 Å². The van der Waals surface area contributed by atoms with E-state index in [4.69, 9.17) is 30.5 Å². The summed E-state index contributed by atoms with van der Waals surface area (Å²) in [6.07, 6.45) is 2.44. The molecular weight excluding hydrogens is 404 g/mol. The predicted octanol–water partition coefficient (Wildman–Crippen LogP) is 6.81. The average molecular weight is 437 g/mol. The van der Waals surface area contributed by atoms with E-state index < -0.39 is 5.41 Å². The first-order valence-electron chi connectivity index (χ1n) is 10.6. The highest BCUT2D eigenvalue weighted by Gasteiger charge is 2.30. The van der Waals surface area contributed by atoms with E-state index in [1.807, 2.05) is 47.6 Å². The molecule has 0 aliphatic rings. The van der Waals surface area contributed by atoms with E-state index in [1.54, 1.807) is 12.1 Å². The van der Waals surface area contributed by atoms with Gasteiger partial charge in [-0.05, 0) is 58.2 Å². The van der Waals surface area contributed by atoms with Crippen molar-refractivity contribution in [2.45, 2.75) is 60.8 Å². The van der Waals surface area contributed by atoms with Crippen LogP contribution >= 0.6 is 11.6 Å². The zero-order valence-electron chi connectivity index (χ0n) is 18.9. The van der Waals surface area contributed by atoms with Gasteiger partial charge in [0.25, 0.3) is 0 Å². The Balaban J connectivity index is 2.83. The Morgan fingerprint density at radius 1 is 0.800 bits per heavy atom. The number of benzene rings is 2. The first-order chi connectivity index (χ1) is 14.2. The summed E-state index contributed by atoms with van der Waals surface area (Å²) in [5.41, 5.74) is -0.678. The highest BCUT2D eigenvalue weighted by Crippen LogP contribution is 2.52. The van der Waals surface area contributed by atoms with Crippen molar-refractivity contribution in [2.75, 3.05) is 19.8 Å². The lowest BCUT2D eigenvalue weighted by Crippen LogP contribution is -2.26. The number of hydrogen-bond donors (Lipinski definition) is 0. The third kappa shape index (κ3) is 5.72. The zero-order valence-corrected chi connectivity index (χ0v) is 19.6. The molecule has 0 radical (unpaired) electrons. The molecule has 0 fully saturated rings. The molecule has 0 spiro atoms. The Labute approximate surface area is 184 Å². The quantitative estimate of drug-likeness (QED) is 0.302. The standard InChI is InChI=1S/C24H33ClO5/c1-7-12-27-19-18-15-16(25)10-11-17(18)20(30-23(26)24(4,5)6)22(29-14-9-3)21(19)28-13-8-2/h10-11,15H,7-9,12-14H2,1-6H3. The van der Waals surface area contributed by atoms with Crippen LogP contribution in [0.25, 0.3) is 10.8 Å². The summed E-state index contributed by atoms with van der Waals surface area (Å²) in [6.45, 7) is 13.0. The zero-order chi connectivity index (χ0) is 22.3. The van der Waals surface area contributed by atoms with Gasteiger partial charge in [-0.25, -0.2) is 0 Å². The van der Waals surface area contributed by atoms with Crippen LogP contribution < -0.4 is 18.9 Å². The molecule has 5 nitrogen and oxygen atoms in total. The maximum absolute atomic E-state index is 12.8. The molecule has 2 aromatic rings. The highest BCUT2D eigenvalue weighted by molar-refractivity contribution is 6.31. The Bertz CT molecular complexity index is 870. The fourth-order valence-electron chi connectivity index (χ4n) is 2.72. The fourth-order valence-corrected chi connectivity index (χ4v) is 2.89. The van der Waals surface area contributed by atoms with Crippen LogP contribution in [0.4, 0.5) is 0 Å². The summed E-state index contributed by atoms with van der Waals surface area (Å²) in [4.78, 5) is 12.8. The van der Waals surface area contributed by atoms with Gasteiger partial charge in [-0.3, -0.25) is 4.79 Å². The summed E-state index contributed by atoms with van der Waals surface area (Å²) in [6, 6.07) is 5.39. The van der Waals surface area contributed by atoms with E-state index in [9.17, 15) is 4.79 Å². The molecular formula is C24H33ClO5. The van der Waals surface area contributed by atoms with Gasteiger partial charge in [-0.2, -0.15) is 0 Å². The number of rotatable bonds is 10. The van der Waals surface area contributed by atoms with Crippen molar-refractivity contribution in [2.24, 2.45) is 5.41 Å². The average Bonchev–Trinajstić information content (AvgIpc) is 2.69. The van der Waals surface area contributed by atoms with Crippen molar-refractivity contribution in [1.29, 1.82) is 0 Å². The van der Waals surface area contributed by atoms with Gasteiger partial charge in [-0.1, -0.05) is 32.4 Å². The molecule has 0 atom stereocenters. The Morgan fingerprint density at radius 3 is 1.80 bits per heavy atom. The predicted molar refractivity (Wildman–Crippen MR) is 121 cm³/mol. The second kappa shape index (κ2) is 10.8. The van der Waals surface area contributed by atoms with E-state index in [0.29, 0.717) is 53.2 Å². The number of carbonyl (C=O) groups is 1. The Morgan fingerprint density at radius 2 is 1.30 bits per heavy atom. The minimum atomic E-state index is -0.678. The molecule has 2 aromatic carbocycles. The number of halogens is 1. The number of hydrogen-bond acceptors (Lipinski definition) is 5. The molecule has 0 N–H and O–H groups in total. The van der Waals surface area contributed by atoms with E-state index in [1.165, 1.54) is 0 Å². The van der Waals surface area contributed by atoms with Crippen molar-refractivity contribution in [3.8, 4) is 23.0 Å². The second-order valence-electron chi connectivity index (χ2n) is 8.19. The van der Waals surface area contributed by atoms with Gasteiger partial charge < -0.3 is 18.9 Å². The lowest BCUT2D eigenvalue weighted by molar-refractivity contribution is -0.143. The first-order valence-corrected chi connectivity index (χ1v) is 11.0. The maximum Gasteiger partial charge on any atom is 0.316 e. The lowest BCUT2D eigenvalue weighted by Gasteiger charge is -2.24. The number of esters is 1. The number of ether oxygens (including phenoxy) is 4. The van der Waals surface area contributed by atoms with Gasteiger partial charge in [0.2, 0.25) is 11.5 Å². The van der Waals surface area contributed by atoms with Gasteiger partial charge >= 0.3 is 5.97 Å². The lowest BCUT2D eigenvalue weighted by atomic mass is 9.97. The molecule has 0 aliphatic heterocycles. The molecule has 0 amide bonds. The number of fused-ring (bicyclic) bond motifs is 1. The van der Waals surface area contributed by atoms with E-state index >= 15 is 0 Å².